The lowest BCUT2D eigenvalue weighted by Crippen LogP contribution is -2.44. The minimum absolute atomic E-state index is 0.213. The third-order valence-corrected chi connectivity index (χ3v) is 6.55. The minimum atomic E-state index is 0.213. The predicted octanol–water partition coefficient (Wildman–Crippen LogP) is 3.22. The molecule has 1 atom stereocenters. The molecule has 0 saturated carbocycles. The van der Waals surface area contributed by atoms with E-state index in [1.807, 2.05) is 21.6 Å². The zero-order valence-electron chi connectivity index (χ0n) is 11.0. The molecule has 0 aliphatic carbocycles. The van der Waals surface area contributed by atoms with Gasteiger partial charge in [0.25, 0.3) is 0 Å². The van der Waals surface area contributed by atoms with E-state index in [9.17, 15) is 4.79 Å². The SMILES string of the molecule is O=C(CCCCC1CCSS1)NN1CCCCC1. The van der Waals surface area contributed by atoms with Gasteiger partial charge in [-0.25, -0.2) is 5.01 Å². The zero-order valence-corrected chi connectivity index (χ0v) is 12.7. The monoisotopic (exact) mass is 288 g/mol. The van der Waals surface area contributed by atoms with Gasteiger partial charge in [0.2, 0.25) is 5.91 Å². The highest BCUT2D eigenvalue weighted by molar-refractivity contribution is 8.77. The third kappa shape index (κ3) is 5.41. The molecule has 18 heavy (non-hydrogen) atoms. The van der Waals surface area contributed by atoms with Crippen LogP contribution < -0.4 is 5.43 Å². The number of rotatable bonds is 6. The van der Waals surface area contributed by atoms with Crippen LogP contribution in [0.3, 0.4) is 0 Å². The summed E-state index contributed by atoms with van der Waals surface area (Å²) in [6.45, 7) is 2.06. The fraction of sp³-hybridized carbons (Fsp3) is 0.923. The maximum Gasteiger partial charge on any atom is 0.234 e. The number of hydrazine groups is 1. The minimum Gasteiger partial charge on any atom is -0.289 e. The first kappa shape index (κ1) is 14.5. The fourth-order valence-corrected chi connectivity index (χ4v) is 5.49. The summed E-state index contributed by atoms with van der Waals surface area (Å²) in [4.78, 5) is 11.7. The van der Waals surface area contributed by atoms with Gasteiger partial charge in [0.15, 0.2) is 0 Å². The Kier molecular flexibility index (Phi) is 6.73. The van der Waals surface area contributed by atoms with Crippen molar-refractivity contribution in [2.75, 3.05) is 18.8 Å². The van der Waals surface area contributed by atoms with Gasteiger partial charge in [-0.2, -0.15) is 0 Å². The number of unbranched alkanes of at least 4 members (excludes halogenated alkanes) is 1. The Morgan fingerprint density at radius 2 is 2.06 bits per heavy atom. The summed E-state index contributed by atoms with van der Waals surface area (Å²) in [7, 11) is 4.04. The molecule has 0 aromatic rings. The van der Waals surface area contributed by atoms with Gasteiger partial charge in [0.1, 0.15) is 0 Å². The van der Waals surface area contributed by atoms with E-state index in [2.05, 4.69) is 10.4 Å². The van der Waals surface area contributed by atoms with Gasteiger partial charge >= 0.3 is 0 Å². The summed E-state index contributed by atoms with van der Waals surface area (Å²) >= 11 is 0. The Labute approximate surface area is 118 Å². The number of carbonyl (C=O) groups excluding carboxylic acids is 1. The predicted molar refractivity (Wildman–Crippen MR) is 80.5 cm³/mol. The first-order valence-corrected chi connectivity index (χ1v) is 9.55. The summed E-state index contributed by atoms with van der Waals surface area (Å²) in [5, 5.41) is 2.94. The van der Waals surface area contributed by atoms with Crippen molar-refractivity contribution >= 4 is 27.5 Å². The summed E-state index contributed by atoms with van der Waals surface area (Å²) in [5.41, 5.74) is 3.03. The van der Waals surface area contributed by atoms with Crippen molar-refractivity contribution in [3.63, 3.8) is 0 Å². The highest BCUT2D eigenvalue weighted by Gasteiger charge is 2.16. The summed E-state index contributed by atoms with van der Waals surface area (Å²) in [5.74, 6) is 1.52. The lowest BCUT2D eigenvalue weighted by atomic mass is 10.1. The van der Waals surface area contributed by atoms with E-state index in [-0.39, 0.29) is 5.91 Å². The van der Waals surface area contributed by atoms with E-state index >= 15 is 0 Å². The number of hydrogen-bond donors (Lipinski definition) is 1. The van der Waals surface area contributed by atoms with Crippen LogP contribution in [0.25, 0.3) is 0 Å². The second-order valence-corrected chi connectivity index (χ2v) is 7.94. The van der Waals surface area contributed by atoms with Crippen LogP contribution in [0, 0.1) is 0 Å². The molecule has 1 N–H and O–H groups in total. The maximum atomic E-state index is 11.7. The smallest absolute Gasteiger partial charge is 0.234 e. The molecule has 0 bridgehead atoms. The molecule has 3 nitrogen and oxygen atoms in total. The standard InChI is InChI=1S/C13H24N2OS2/c16-13(14-15-9-4-1-5-10-15)7-3-2-6-12-8-11-17-18-12/h12H,1-11H2,(H,14,16). The van der Waals surface area contributed by atoms with E-state index in [0.29, 0.717) is 6.42 Å². The number of nitrogens with one attached hydrogen (secondary N) is 1. The van der Waals surface area contributed by atoms with Crippen molar-refractivity contribution in [1.82, 2.24) is 10.4 Å². The molecule has 0 spiro atoms. The van der Waals surface area contributed by atoms with Crippen molar-refractivity contribution < 1.29 is 4.79 Å². The number of nitrogens with zero attached hydrogens (tertiary/aromatic N) is 1. The Morgan fingerprint density at radius 3 is 2.78 bits per heavy atom. The number of carbonyl (C=O) groups is 1. The number of hydrogen-bond acceptors (Lipinski definition) is 4. The Morgan fingerprint density at radius 1 is 1.22 bits per heavy atom. The van der Waals surface area contributed by atoms with Gasteiger partial charge in [-0.3, -0.25) is 10.2 Å². The number of amides is 1. The second-order valence-electron chi connectivity index (χ2n) is 5.16. The van der Waals surface area contributed by atoms with Gasteiger partial charge in [-0.15, -0.1) is 0 Å². The van der Waals surface area contributed by atoms with E-state index in [0.717, 1.165) is 24.8 Å². The van der Waals surface area contributed by atoms with Gasteiger partial charge in [0, 0.05) is 30.5 Å². The molecule has 1 unspecified atom stereocenters. The molecular formula is C13H24N2OS2. The van der Waals surface area contributed by atoms with E-state index < -0.39 is 0 Å². The van der Waals surface area contributed by atoms with Gasteiger partial charge < -0.3 is 0 Å². The van der Waals surface area contributed by atoms with Crippen LogP contribution in [0.1, 0.15) is 51.4 Å². The van der Waals surface area contributed by atoms with Crippen molar-refractivity contribution in [1.29, 1.82) is 0 Å². The van der Waals surface area contributed by atoms with Crippen molar-refractivity contribution in [2.45, 2.75) is 56.6 Å². The summed E-state index contributed by atoms with van der Waals surface area (Å²) in [6.07, 6.45) is 9.33. The Bertz CT molecular complexity index is 251. The number of piperidine rings is 1. The molecule has 2 fully saturated rings. The molecule has 104 valence electrons. The molecule has 5 heteroatoms. The molecule has 2 aliphatic rings. The Hall–Kier alpha value is 0.130. The molecule has 1 amide bonds. The normalized spacial score (nSPS) is 25.2. The zero-order chi connectivity index (χ0) is 12.6. The first-order chi connectivity index (χ1) is 8.84. The average Bonchev–Trinajstić information content (AvgIpc) is 2.89. The van der Waals surface area contributed by atoms with Crippen LogP contribution >= 0.6 is 21.6 Å². The van der Waals surface area contributed by atoms with Crippen LogP contribution in [0.15, 0.2) is 0 Å². The Balaban J connectivity index is 1.48. The summed E-state index contributed by atoms with van der Waals surface area (Å²) < 4.78 is 0. The lowest BCUT2D eigenvalue weighted by molar-refractivity contribution is -0.126. The third-order valence-electron chi connectivity index (χ3n) is 3.55. The van der Waals surface area contributed by atoms with Gasteiger partial charge in [0.05, 0.1) is 0 Å². The quantitative estimate of drug-likeness (QED) is 0.601. The molecule has 2 rings (SSSR count). The van der Waals surface area contributed by atoms with Gasteiger partial charge in [-0.1, -0.05) is 34.4 Å². The molecule has 0 aromatic heterocycles. The lowest BCUT2D eigenvalue weighted by Gasteiger charge is -2.26. The molecule has 0 aromatic carbocycles. The average molecular weight is 288 g/mol. The highest BCUT2D eigenvalue weighted by atomic mass is 33.1. The summed E-state index contributed by atoms with van der Waals surface area (Å²) in [6, 6.07) is 0. The maximum absolute atomic E-state index is 11.7. The molecule has 2 heterocycles. The molecular weight excluding hydrogens is 264 g/mol. The topological polar surface area (TPSA) is 32.3 Å². The van der Waals surface area contributed by atoms with Crippen LogP contribution in [0.4, 0.5) is 0 Å². The van der Waals surface area contributed by atoms with Crippen LogP contribution in [0.5, 0.6) is 0 Å². The molecule has 2 aliphatic heterocycles. The van der Waals surface area contributed by atoms with E-state index in [1.54, 1.807) is 0 Å². The molecule has 0 radical (unpaired) electrons. The van der Waals surface area contributed by atoms with Gasteiger partial charge in [-0.05, 0) is 32.1 Å². The van der Waals surface area contributed by atoms with Crippen molar-refractivity contribution in [3.05, 3.63) is 0 Å². The fourth-order valence-electron chi connectivity index (χ4n) is 2.46. The first-order valence-electron chi connectivity index (χ1n) is 7.17. The molecule has 2 saturated heterocycles. The highest BCUT2D eigenvalue weighted by Crippen LogP contribution is 2.39. The van der Waals surface area contributed by atoms with Crippen LogP contribution in [0.2, 0.25) is 0 Å². The van der Waals surface area contributed by atoms with Crippen LogP contribution in [-0.4, -0.2) is 35.0 Å². The largest absolute Gasteiger partial charge is 0.289 e. The van der Waals surface area contributed by atoms with Crippen LogP contribution in [-0.2, 0) is 4.79 Å². The van der Waals surface area contributed by atoms with Crippen molar-refractivity contribution in [3.8, 4) is 0 Å². The van der Waals surface area contributed by atoms with E-state index in [1.165, 1.54) is 44.3 Å². The second kappa shape index (κ2) is 8.33. The van der Waals surface area contributed by atoms with Crippen molar-refractivity contribution in [2.24, 2.45) is 0 Å². The van der Waals surface area contributed by atoms with E-state index in [4.69, 9.17) is 0 Å².